The van der Waals surface area contributed by atoms with Crippen LogP contribution in [0.25, 0.3) is 0 Å². The molecule has 0 bridgehead atoms. The van der Waals surface area contributed by atoms with Crippen molar-refractivity contribution in [1.82, 2.24) is 4.90 Å². The topological polar surface area (TPSA) is 40.5 Å². The van der Waals surface area contributed by atoms with Crippen LogP contribution in [0.5, 0.6) is 0 Å². The molecule has 0 aromatic carbocycles. The molecule has 0 rings (SSSR count). The van der Waals surface area contributed by atoms with Crippen molar-refractivity contribution in [3.8, 4) is 0 Å². The van der Waals surface area contributed by atoms with Gasteiger partial charge in [-0.15, -0.1) is 0 Å². The molecule has 0 aliphatic rings. The first-order valence-electron chi connectivity index (χ1n) is 4.88. The van der Waals surface area contributed by atoms with Crippen LogP contribution in [-0.4, -0.2) is 28.7 Å². The minimum Gasteiger partial charge on any atom is -0.465 e. The lowest BCUT2D eigenvalue weighted by Crippen LogP contribution is -2.44. The molecule has 3 nitrogen and oxygen atoms in total. The quantitative estimate of drug-likeness (QED) is 0.672. The summed E-state index contributed by atoms with van der Waals surface area (Å²) in [4.78, 5) is 12.1. The zero-order valence-electron chi connectivity index (χ0n) is 9.13. The van der Waals surface area contributed by atoms with E-state index < -0.39 is 6.09 Å². The number of hydrogen-bond acceptors (Lipinski definition) is 1. The van der Waals surface area contributed by atoms with E-state index in [4.69, 9.17) is 5.11 Å². The summed E-state index contributed by atoms with van der Waals surface area (Å²) in [6, 6.07) is 0. The molecule has 1 N–H and O–H groups in total. The first-order valence-corrected chi connectivity index (χ1v) is 4.88. The predicted molar refractivity (Wildman–Crippen MR) is 54.0 cm³/mol. The van der Waals surface area contributed by atoms with Crippen molar-refractivity contribution < 1.29 is 9.90 Å². The second-order valence-corrected chi connectivity index (χ2v) is 4.11. The molecule has 0 aromatic heterocycles. The molecule has 78 valence electrons. The van der Waals surface area contributed by atoms with Gasteiger partial charge in [0.1, 0.15) is 0 Å². The maximum Gasteiger partial charge on any atom is 0.407 e. The number of amides is 1. The summed E-state index contributed by atoms with van der Waals surface area (Å²) in [7, 11) is 1.63. The van der Waals surface area contributed by atoms with E-state index in [1.807, 2.05) is 13.8 Å². The Balaban J connectivity index is 3.98. The average molecular weight is 187 g/mol. The largest absolute Gasteiger partial charge is 0.465 e. The molecule has 0 aliphatic heterocycles. The highest BCUT2D eigenvalue weighted by molar-refractivity contribution is 5.65. The maximum absolute atomic E-state index is 10.7. The van der Waals surface area contributed by atoms with Crippen molar-refractivity contribution in [2.75, 3.05) is 7.05 Å². The van der Waals surface area contributed by atoms with E-state index in [0.717, 1.165) is 12.8 Å². The van der Waals surface area contributed by atoms with Gasteiger partial charge in [-0.05, 0) is 20.3 Å². The lowest BCUT2D eigenvalue weighted by molar-refractivity contribution is 0.104. The van der Waals surface area contributed by atoms with Gasteiger partial charge in [0.15, 0.2) is 0 Å². The Morgan fingerprint density at radius 1 is 1.38 bits per heavy atom. The van der Waals surface area contributed by atoms with E-state index >= 15 is 0 Å². The average Bonchev–Trinajstić information content (AvgIpc) is 2.03. The Bertz CT molecular complexity index is 166. The van der Waals surface area contributed by atoms with E-state index in [1.165, 1.54) is 17.7 Å². The van der Waals surface area contributed by atoms with Gasteiger partial charge in [-0.1, -0.05) is 26.2 Å². The summed E-state index contributed by atoms with van der Waals surface area (Å²) in [5, 5.41) is 8.80. The summed E-state index contributed by atoms with van der Waals surface area (Å²) in [5.74, 6) is 0. The molecule has 0 radical (unpaired) electrons. The number of carbonyl (C=O) groups is 1. The fourth-order valence-electron chi connectivity index (χ4n) is 1.23. The van der Waals surface area contributed by atoms with Gasteiger partial charge in [-0.2, -0.15) is 0 Å². The molecule has 0 spiro atoms. The molecular formula is C10H21NO2. The van der Waals surface area contributed by atoms with E-state index in [1.54, 1.807) is 7.05 Å². The summed E-state index contributed by atoms with van der Waals surface area (Å²) < 4.78 is 0. The Morgan fingerprint density at radius 3 is 2.31 bits per heavy atom. The van der Waals surface area contributed by atoms with Crippen molar-refractivity contribution in [3.63, 3.8) is 0 Å². The van der Waals surface area contributed by atoms with Crippen LogP contribution < -0.4 is 0 Å². The zero-order valence-corrected chi connectivity index (χ0v) is 9.13. The van der Waals surface area contributed by atoms with Gasteiger partial charge in [-0.3, -0.25) is 0 Å². The second kappa shape index (κ2) is 5.10. The lowest BCUT2D eigenvalue weighted by Gasteiger charge is -2.33. The van der Waals surface area contributed by atoms with Crippen LogP contribution in [-0.2, 0) is 0 Å². The molecule has 0 fully saturated rings. The molecule has 0 saturated heterocycles. The van der Waals surface area contributed by atoms with Crippen molar-refractivity contribution in [2.24, 2.45) is 0 Å². The Hall–Kier alpha value is -0.730. The highest BCUT2D eigenvalue weighted by Gasteiger charge is 2.26. The van der Waals surface area contributed by atoms with Gasteiger partial charge < -0.3 is 10.0 Å². The third kappa shape index (κ3) is 4.15. The molecule has 0 aromatic rings. The smallest absolute Gasteiger partial charge is 0.407 e. The first kappa shape index (κ1) is 12.3. The number of nitrogens with zero attached hydrogens (tertiary/aromatic N) is 1. The minimum absolute atomic E-state index is 0.235. The fraction of sp³-hybridized carbons (Fsp3) is 0.900. The standard InChI is InChI=1S/C10H21NO2/c1-5-6-7-8-10(2,3)11(4)9(12)13/h5-8H2,1-4H3,(H,12,13). The lowest BCUT2D eigenvalue weighted by atomic mass is 9.95. The van der Waals surface area contributed by atoms with Crippen LogP contribution >= 0.6 is 0 Å². The van der Waals surface area contributed by atoms with Gasteiger partial charge in [-0.25, -0.2) is 4.79 Å². The van der Waals surface area contributed by atoms with E-state index in [-0.39, 0.29) is 5.54 Å². The van der Waals surface area contributed by atoms with Crippen LogP contribution in [0.3, 0.4) is 0 Å². The van der Waals surface area contributed by atoms with Crippen LogP contribution in [0, 0.1) is 0 Å². The molecule has 1 amide bonds. The molecule has 0 atom stereocenters. The Kier molecular flexibility index (Phi) is 4.81. The van der Waals surface area contributed by atoms with Gasteiger partial charge in [0.2, 0.25) is 0 Å². The third-order valence-corrected chi connectivity index (χ3v) is 2.59. The molecule has 0 unspecified atom stereocenters. The van der Waals surface area contributed by atoms with Crippen molar-refractivity contribution >= 4 is 6.09 Å². The zero-order chi connectivity index (χ0) is 10.5. The summed E-state index contributed by atoms with van der Waals surface area (Å²) in [6.07, 6.45) is 3.54. The van der Waals surface area contributed by atoms with E-state index in [0.29, 0.717) is 0 Å². The molecule has 0 aliphatic carbocycles. The van der Waals surface area contributed by atoms with Gasteiger partial charge in [0.25, 0.3) is 0 Å². The van der Waals surface area contributed by atoms with Crippen LogP contribution in [0.15, 0.2) is 0 Å². The highest BCUT2D eigenvalue weighted by atomic mass is 16.4. The maximum atomic E-state index is 10.7. The van der Waals surface area contributed by atoms with Gasteiger partial charge in [0, 0.05) is 12.6 Å². The summed E-state index contributed by atoms with van der Waals surface area (Å²) in [5.41, 5.74) is -0.235. The van der Waals surface area contributed by atoms with Gasteiger partial charge >= 0.3 is 6.09 Å². The minimum atomic E-state index is -0.846. The molecule has 13 heavy (non-hydrogen) atoms. The number of rotatable bonds is 5. The molecule has 3 heteroatoms. The summed E-state index contributed by atoms with van der Waals surface area (Å²) >= 11 is 0. The molecule has 0 heterocycles. The van der Waals surface area contributed by atoms with Crippen LogP contribution in [0.2, 0.25) is 0 Å². The first-order chi connectivity index (χ1) is 5.91. The van der Waals surface area contributed by atoms with Crippen molar-refractivity contribution in [3.05, 3.63) is 0 Å². The van der Waals surface area contributed by atoms with Crippen molar-refractivity contribution in [1.29, 1.82) is 0 Å². The van der Waals surface area contributed by atoms with Crippen molar-refractivity contribution in [2.45, 2.75) is 52.0 Å². The predicted octanol–water partition coefficient (Wildman–Crippen LogP) is 2.96. The number of unbranched alkanes of at least 4 members (excludes halogenated alkanes) is 2. The monoisotopic (exact) mass is 187 g/mol. The second-order valence-electron chi connectivity index (χ2n) is 4.11. The van der Waals surface area contributed by atoms with Crippen LogP contribution in [0.1, 0.15) is 46.5 Å². The molecular weight excluding hydrogens is 166 g/mol. The van der Waals surface area contributed by atoms with E-state index in [9.17, 15) is 4.79 Å². The SMILES string of the molecule is CCCCCC(C)(C)N(C)C(=O)O. The third-order valence-electron chi connectivity index (χ3n) is 2.59. The number of hydrogen-bond donors (Lipinski definition) is 1. The molecule has 0 saturated carbocycles. The summed E-state index contributed by atoms with van der Waals surface area (Å²) in [6.45, 7) is 6.08. The Morgan fingerprint density at radius 2 is 1.92 bits per heavy atom. The number of carboxylic acid groups (broad SMARTS) is 1. The van der Waals surface area contributed by atoms with Gasteiger partial charge in [0.05, 0.1) is 0 Å². The highest BCUT2D eigenvalue weighted by Crippen LogP contribution is 2.20. The van der Waals surface area contributed by atoms with E-state index in [2.05, 4.69) is 6.92 Å². The normalized spacial score (nSPS) is 11.4. The fourth-order valence-corrected chi connectivity index (χ4v) is 1.23. The van der Waals surface area contributed by atoms with Crippen LogP contribution in [0.4, 0.5) is 4.79 Å². The Labute approximate surface area is 80.7 Å².